The van der Waals surface area contributed by atoms with Gasteiger partial charge in [-0.3, -0.25) is 0 Å². The van der Waals surface area contributed by atoms with E-state index in [0.29, 0.717) is 0 Å². The Hall–Kier alpha value is -1.30. The van der Waals surface area contributed by atoms with Crippen LogP contribution in [0.1, 0.15) is 0 Å². The van der Waals surface area contributed by atoms with Gasteiger partial charge in [0.1, 0.15) is 0 Å². The second kappa shape index (κ2) is 1.84. The van der Waals surface area contributed by atoms with Crippen LogP contribution in [0.25, 0.3) is 0 Å². The highest BCUT2D eigenvalue weighted by molar-refractivity contribution is 5.75. The minimum Gasteiger partial charge on any atom is -0.0905 e. The lowest BCUT2D eigenvalue weighted by molar-refractivity contribution is 1.81. The Morgan fingerprint density at radius 1 is 0.800 bits per heavy atom. The Morgan fingerprint density at radius 3 is 1.80 bits per heavy atom. The summed E-state index contributed by atoms with van der Waals surface area (Å²) in [6.45, 7) is 3.89. The second-order valence-electron chi connectivity index (χ2n) is 2.41. The summed E-state index contributed by atoms with van der Waals surface area (Å²) < 4.78 is 0. The van der Waals surface area contributed by atoms with E-state index < -0.39 is 0 Å². The molecule has 0 saturated heterocycles. The molecule has 0 atom stereocenters. The molecule has 0 bridgehead atoms. The molecule has 0 radical (unpaired) electrons. The molecule has 0 nitrogen and oxygen atoms in total. The van der Waals surface area contributed by atoms with Gasteiger partial charge in [0.2, 0.25) is 0 Å². The average Bonchev–Trinajstić information content (AvgIpc) is 2.39. The van der Waals surface area contributed by atoms with E-state index in [2.05, 4.69) is 18.7 Å². The van der Waals surface area contributed by atoms with E-state index >= 15 is 0 Å². The lowest BCUT2D eigenvalue weighted by atomic mass is 10.3. The molecule has 0 aromatic rings. The SMILES string of the molecule is C=C1C2=C1\C=C/C=C\C=C/2. The van der Waals surface area contributed by atoms with Gasteiger partial charge in [-0.25, -0.2) is 0 Å². The van der Waals surface area contributed by atoms with E-state index in [9.17, 15) is 0 Å². The van der Waals surface area contributed by atoms with Crippen LogP contribution in [-0.4, -0.2) is 0 Å². The van der Waals surface area contributed by atoms with Crippen LogP contribution in [0.5, 0.6) is 0 Å². The summed E-state index contributed by atoms with van der Waals surface area (Å²) in [6, 6.07) is 0. The highest BCUT2D eigenvalue weighted by Crippen LogP contribution is 2.39. The standard InChI is InChI=1S/C10H8/c1-8-9-6-4-2-3-5-7-10(8)9/h2-7H,1H2/b3-2-,4-2?,5-3?,6-4-,7-5-,9-6?,10-7?. The predicted molar refractivity (Wildman–Crippen MR) is 43.6 cm³/mol. The zero-order valence-corrected chi connectivity index (χ0v) is 5.67. The Kier molecular flexibility index (Phi) is 1.01. The molecular formula is C10H8. The molecule has 0 aliphatic heterocycles. The Bertz CT molecular complexity index is 268. The van der Waals surface area contributed by atoms with Crippen LogP contribution in [0.3, 0.4) is 0 Å². The lowest BCUT2D eigenvalue weighted by Crippen LogP contribution is -1.55. The second-order valence-corrected chi connectivity index (χ2v) is 2.41. The van der Waals surface area contributed by atoms with Gasteiger partial charge in [-0.1, -0.05) is 43.0 Å². The Morgan fingerprint density at radius 2 is 1.30 bits per heavy atom. The molecule has 0 N–H and O–H groups in total. The predicted octanol–water partition coefficient (Wildman–Crippen LogP) is 2.54. The largest absolute Gasteiger partial charge is 0.0905 e. The Labute approximate surface area is 60.6 Å². The van der Waals surface area contributed by atoms with Crippen molar-refractivity contribution in [3.63, 3.8) is 0 Å². The minimum absolute atomic E-state index is 1.19. The van der Waals surface area contributed by atoms with Crippen LogP contribution < -0.4 is 0 Å². The first-order valence-electron chi connectivity index (χ1n) is 3.35. The van der Waals surface area contributed by atoms with E-state index in [-0.39, 0.29) is 0 Å². The van der Waals surface area contributed by atoms with Crippen LogP contribution in [0.2, 0.25) is 0 Å². The molecule has 48 valence electrons. The topological polar surface area (TPSA) is 0 Å². The monoisotopic (exact) mass is 128 g/mol. The van der Waals surface area contributed by atoms with Crippen molar-refractivity contribution >= 4 is 0 Å². The van der Waals surface area contributed by atoms with Gasteiger partial charge in [0.15, 0.2) is 0 Å². The van der Waals surface area contributed by atoms with Crippen LogP contribution in [0.15, 0.2) is 59.8 Å². The summed E-state index contributed by atoms with van der Waals surface area (Å²) in [5.74, 6) is 0. The van der Waals surface area contributed by atoms with Crippen LogP contribution in [0.4, 0.5) is 0 Å². The van der Waals surface area contributed by atoms with Crippen molar-refractivity contribution in [3.05, 3.63) is 59.8 Å². The third-order valence-corrected chi connectivity index (χ3v) is 1.74. The van der Waals surface area contributed by atoms with Crippen molar-refractivity contribution in [2.75, 3.05) is 0 Å². The Balaban J connectivity index is 2.37. The van der Waals surface area contributed by atoms with Crippen LogP contribution >= 0.6 is 0 Å². The van der Waals surface area contributed by atoms with Gasteiger partial charge in [0, 0.05) is 0 Å². The third-order valence-electron chi connectivity index (χ3n) is 1.74. The fraction of sp³-hybridized carbons (Fsp3) is 0. The molecule has 2 aliphatic carbocycles. The van der Waals surface area contributed by atoms with E-state index in [1.54, 1.807) is 0 Å². The molecule has 0 fully saturated rings. The first-order valence-corrected chi connectivity index (χ1v) is 3.35. The summed E-state index contributed by atoms with van der Waals surface area (Å²) >= 11 is 0. The first kappa shape index (κ1) is 5.48. The molecule has 0 aromatic carbocycles. The van der Waals surface area contributed by atoms with Crippen molar-refractivity contribution in [1.29, 1.82) is 0 Å². The smallest absolute Gasteiger partial charge is 0.0105 e. The molecule has 2 rings (SSSR count). The van der Waals surface area contributed by atoms with Crippen molar-refractivity contribution in [2.45, 2.75) is 0 Å². The maximum atomic E-state index is 3.89. The van der Waals surface area contributed by atoms with E-state index in [1.807, 2.05) is 24.3 Å². The fourth-order valence-corrected chi connectivity index (χ4v) is 1.07. The molecule has 0 unspecified atom stereocenters. The molecular weight excluding hydrogens is 120 g/mol. The summed E-state index contributed by atoms with van der Waals surface area (Å²) in [5.41, 5.74) is 3.80. The summed E-state index contributed by atoms with van der Waals surface area (Å²) in [5, 5.41) is 0. The quantitative estimate of drug-likeness (QED) is 0.470. The average molecular weight is 128 g/mol. The molecule has 0 amide bonds. The highest BCUT2D eigenvalue weighted by atomic mass is 14.2. The first-order chi connectivity index (χ1) is 4.89. The number of allylic oxidation sites excluding steroid dienone is 9. The molecule has 0 heteroatoms. The van der Waals surface area contributed by atoms with Gasteiger partial charge in [0.05, 0.1) is 0 Å². The summed E-state index contributed by atoms with van der Waals surface area (Å²) in [6.07, 6.45) is 12.3. The lowest BCUT2D eigenvalue weighted by Gasteiger charge is -1.75. The van der Waals surface area contributed by atoms with Crippen molar-refractivity contribution < 1.29 is 0 Å². The molecule has 0 spiro atoms. The van der Waals surface area contributed by atoms with E-state index in [1.165, 1.54) is 16.7 Å². The highest BCUT2D eigenvalue weighted by Gasteiger charge is 2.21. The summed E-state index contributed by atoms with van der Waals surface area (Å²) in [7, 11) is 0. The molecule has 0 saturated carbocycles. The van der Waals surface area contributed by atoms with Gasteiger partial charge in [-0.15, -0.1) is 0 Å². The van der Waals surface area contributed by atoms with Crippen molar-refractivity contribution in [3.8, 4) is 0 Å². The fourth-order valence-electron chi connectivity index (χ4n) is 1.07. The number of hydrogen-bond acceptors (Lipinski definition) is 0. The van der Waals surface area contributed by atoms with Gasteiger partial charge in [0.25, 0.3) is 0 Å². The zero-order valence-electron chi connectivity index (χ0n) is 5.67. The normalized spacial score (nSPS) is 30.2. The van der Waals surface area contributed by atoms with Crippen molar-refractivity contribution in [2.24, 2.45) is 0 Å². The maximum Gasteiger partial charge on any atom is -0.0105 e. The van der Waals surface area contributed by atoms with Crippen LogP contribution in [-0.2, 0) is 0 Å². The minimum atomic E-state index is 1.19. The van der Waals surface area contributed by atoms with Gasteiger partial charge in [-0.2, -0.15) is 0 Å². The third kappa shape index (κ3) is 0.695. The zero-order chi connectivity index (χ0) is 6.97. The summed E-state index contributed by atoms with van der Waals surface area (Å²) in [4.78, 5) is 0. The van der Waals surface area contributed by atoms with Crippen LogP contribution in [0, 0.1) is 0 Å². The van der Waals surface area contributed by atoms with Gasteiger partial charge in [-0.05, 0) is 16.7 Å². The molecule has 2 aliphatic rings. The number of hydrogen-bond donors (Lipinski definition) is 0. The maximum absolute atomic E-state index is 3.89. The van der Waals surface area contributed by atoms with Gasteiger partial charge >= 0.3 is 0 Å². The molecule has 0 heterocycles. The molecule has 0 aromatic heterocycles. The number of rotatable bonds is 0. The molecule has 10 heavy (non-hydrogen) atoms. The van der Waals surface area contributed by atoms with E-state index in [4.69, 9.17) is 0 Å². The van der Waals surface area contributed by atoms with E-state index in [0.717, 1.165) is 0 Å². The van der Waals surface area contributed by atoms with Gasteiger partial charge < -0.3 is 0 Å². The van der Waals surface area contributed by atoms with Crippen molar-refractivity contribution in [1.82, 2.24) is 0 Å².